The van der Waals surface area contributed by atoms with Gasteiger partial charge in [-0.15, -0.1) is 23.2 Å². The number of rotatable bonds is 8. The maximum absolute atomic E-state index is 12.8. The Morgan fingerprint density at radius 3 is 1.60 bits per heavy atom. The fourth-order valence-electron chi connectivity index (χ4n) is 6.98. The molecule has 0 spiro atoms. The molecule has 0 aromatic heterocycles. The monoisotopic (exact) mass is 774 g/mol. The van der Waals surface area contributed by atoms with Gasteiger partial charge in [-0.25, -0.2) is 0 Å². The minimum atomic E-state index is -0.857. The highest BCUT2D eigenvalue weighted by molar-refractivity contribution is 8.00. The Hall–Kier alpha value is -4.21. The lowest BCUT2D eigenvalue weighted by Gasteiger charge is -2.35. The number of alkyl halides is 2. The van der Waals surface area contributed by atoms with E-state index in [2.05, 4.69) is 76.5 Å². The van der Waals surface area contributed by atoms with Crippen LogP contribution in [0.3, 0.4) is 0 Å². The first kappa shape index (κ1) is 35.8. The van der Waals surface area contributed by atoms with Crippen LogP contribution in [0.1, 0.15) is 27.0 Å². The molecule has 9 rings (SSSR count). The number of benzene rings is 6. The molecule has 3 heterocycles. The molecule has 3 aliphatic heterocycles. The van der Waals surface area contributed by atoms with E-state index in [0.717, 1.165) is 39.6 Å². The molecule has 0 aliphatic carbocycles. The predicted octanol–water partition coefficient (Wildman–Crippen LogP) is 11.5. The first-order valence-electron chi connectivity index (χ1n) is 17.5. The molecule has 6 aromatic rings. The zero-order valence-electron chi connectivity index (χ0n) is 28.8. The van der Waals surface area contributed by atoms with E-state index >= 15 is 0 Å². The zero-order chi connectivity index (χ0) is 36.2. The molecule has 0 bridgehead atoms. The van der Waals surface area contributed by atoms with Crippen LogP contribution in [0.5, 0.6) is 0 Å². The van der Waals surface area contributed by atoms with E-state index in [9.17, 15) is 4.79 Å². The number of para-hydroxylation sites is 2. The van der Waals surface area contributed by atoms with Gasteiger partial charge in [0.05, 0.1) is 36.0 Å². The van der Waals surface area contributed by atoms with Crippen molar-refractivity contribution in [2.24, 2.45) is 0 Å². The molecule has 0 unspecified atom stereocenters. The molecule has 0 radical (unpaired) electrons. The van der Waals surface area contributed by atoms with E-state index in [1.54, 1.807) is 23.5 Å². The summed E-state index contributed by atoms with van der Waals surface area (Å²) >= 11 is 15.7. The fraction of sp³-hybridized carbons (Fsp3) is 0.159. The molecule has 53 heavy (non-hydrogen) atoms. The molecule has 0 amide bonds. The molecule has 266 valence electrons. The smallest absolute Gasteiger partial charge is 0.222 e. The molecule has 0 saturated carbocycles. The zero-order valence-corrected chi connectivity index (χ0v) is 31.9. The van der Waals surface area contributed by atoms with Crippen molar-refractivity contribution in [1.82, 2.24) is 0 Å². The maximum atomic E-state index is 12.8. The Bertz CT molecular complexity index is 2230. The van der Waals surface area contributed by atoms with Gasteiger partial charge in [0, 0.05) is 66.7 Å². The van der Waals surface area contributed by atoms with Gasteiger partial charge in [0.1, 0.15) is 0 Å². The number of hydrogen-bond acceptors (Lipinski definition) is 7. The Morgan fingerprint density at radius 2 is 1.02 bits per heavy atom. The lowest BCUT2D eigenvalue weighted by molar-refractivity contribution is -0.129. The van der Waals surface area contributed by atoms with Crippen LogP contribution in [-0.4, -0.2) is 43.8 Å². The molecule has 0 N–H and O–H groups in total. The topological polar surface area (TPSA) is 42.0 Å². The van der Waals surface area contributed by atoms with E-state index in [0.29, 0.717) is 42.6 Å². The third-order valence-corrected chi connectivity index (χ3v) is 12.0. The quantitative estimate of drug-likeness (QED) is 0.113. The van der Waals surface area contributed by atoms with Gasteiger partial charge in [0.15, 0.2) is 5.78 Å². The predicted molar refractivity (Wildman–Crippen MR) is 218 cm³/mol. The summed E-state index contributed by atoms with van der Waals surface area (Å²) in [5.74, 6) is 0.261. The van der Waals surface area contributed by atoms with Crippen LogP contribution in [0, 0.1) is 0 Å². The lowest BCUT2D eigenvalue weighted by Crippen LogP contribution is -2.30. The van der Waals surface area contributed by atoms with Crippen molar-refractivity contribution in [3.05, 3.63) is 168 Å². The van der Waals surface area contributed by atoms with Gasteiger partial charge in [0.25, 0.3) is 0 Å². The molecular weight excluding hydrogens is 740 g/mol. The van der Waals surface area contributed by atoms with Crippen LogP contribution in [-0.2, 0) is 15.3 Å². The summed E-state index contributed by atoms with van der Waals surface area (Å²) < 4.78 is 12.4. The van der Waals surface area contributed by atoms with Crippen LogP contribution in [0.4, 0.5) is 22.7 Å². The van der Waals surface area contributed by atoms with Crippen molar-refractivity contribution in [3.8, 4) is 0 Å². The Labute approximate surface area is 328 Å². The third-order valence-electron chi connectivity index (χ3n) is 9.39. The van der Waals surface area contributed by atoms with E-state index in [1.807, 2.05) is 78.9 Å². The van der Waals surface area contributed by atoms with Gasteiger partial charge in [-0.3, -0.25) is 4.79 Å². The fourth-order valence-corrected chi connectivity index (χ4v) is 9.47. The third kappa shape index (κ3) is 7.10. The van der Waals surface area contributed by atoms with Crippen LogP contribution in [0.25, 0.3) is 0 Å². The molecule has 3 aliphatic rings. The van der Waals surface area contributed by atoms with Crippen LogP contribution in [0.2, 0.25) is 0 Å². The van der Waals surface area contributed by atoms with Gasteiger partial charge in [-0.2, -0.15) is 0 Å². The van der Waals surface area contributed by atoms with Crippen LogP contribution in [0.15, 0.2) is 165 Å². The second kappa shape index (κ2) is 16.0. The molecule has 1 fully saturated rings. The molecule has 5 nitrogen and oxygen atoms in total. The number of fused-ring (bicyclic) bond motifs is 4. The summed E-state index contributed by atoms with van der Waals surface area (Å²) in [6.07, 6.45) is 0. The van der Waals surface area contributed by atoms with Crippen molar-refractivity contribution in [1.29, 1.82) is 0 Å². The summed E-state index contributed by atoms with van der Waals surface area (Å²) in [6, 6.07) is 48.7. The summed E-state index contributed by atoms with van der Waals surface area (Å²) in [5.41, 5.74) is 7.96. The molecule has 1 saturated heterocycles. The number of hydrogen-bond donors (Lipinski definition) is 0. The van der Waals surface area contributed by atoms with Gasteiger partial charge in [-0.1, -0.05) is 115 Å². The maximum Gasteiger partial charge on any atom is 0.222 e. The Balaban J connectivity index is 0.000000152. The number of carbonyl (C=O) groups is 1. The average Bonchev–Trinajstić information content (AvgIpc) is 3.73. The number of anilines is 4. The standard InChI is InChI=1S/C23H20ClNO2S.C21H16ClNOS/c24-12-13-25-19-8-4-5-9-21(19)28-22-11-10-18(16-20(22)25)23(26-14-15-27-23)17-6-2-1-3-7-17;22-12-13-23-17-8-4-5-9-19(17)25-20-11-10-16(14-18(20)23)21(24)15-6-2-1-3-7-15/h1-11,16H,12-15H2;1-11,14H,12-13H2. The second-order valence-electron chi connectivity index (χ2n) is 12.6. The Morgan fingerprint density at radius 1 is 0.528 bits per heavy atom. The van der Waals surface area contributed by atoms with Gasteiger partial charge < -0.3 is 19.3 Å². The van der Waals surface area contributed by atoms with E-state index in [-0.39, 0.29) is 5.78 Å². The Kier molecular flexibility index (Phi) is 10.8. The number of carbonyl (C=O) groups excluding carboxylic acids is 1. The van der Waals surface area contributed by atoms with Gasteiger partial charge in [0.2, 0.25) is 5.79 Å². The highest BCUT2D eigenvalue weighted by Gasteiger charge is 2.41. The number of ketones is 1. The molecular formula is C44H36Cl2N2O3S2. The van der Waals surface area contributed by atoms with Crippen molar-refractivity contribution in [2.75, 3.05) is 47.9 Å². The van der Waals surface area contributed by atoms with E-state index < -0.39 is 5.79 Å². The van der Waals surface area contributed by atoms with Gasteiger partial charge in [-0.05, 0) is 54.6 Å². The summed E-state index contributed by atoms with van der Waals surface area (Å²) in [7, 11) is 0. The highest BCUT2D eigenvalue weighted by Crippen LogP contribution is 2.51. The first-order valence-corrected chi connectivity index (χ1v) is 20.2. The first-order chi connectivity index (χ1) is 26.1. The van der Waals surface area contributed by atoms with Crippen LogP contribution < -0.4 is 9.80 Å². The van der Waals surface area contributed by atoms with Crippen LogP contribution >= 0.6 is 46.7 Å². The average molecular weight is 776 g/mol. The minimum Gasteiger partial charge on any atom is -0.340 e. The molecule has 0 atom stereocenters. The van der Waals surface area contributed by atoms with Gasteiger partial charge >= 0.3 is 0 Å². The normalized spacial score (nSPS) is 15.0. The lowest BCUT2D eigenvalue weighted by atomic mass is 9.96. The molecule has 6 aromatic carbocycles. The van der Waals surface area contributed by atoms with Crippen molar-refractivity contribution < 1.29 is 14.3 Å². The summed E-state index contributed by atoms with van der Waals surface area (Å²) in [5, 5.41) is 0. The van der Waals surface area contributed by atoms with Crippen molar-refractivity contribution >= 4 is 75.3 Å². The number of nitrogens with zero attached hydrogens (tertiary/aromatic N) is 2. The second-order valence-corrected chi connectivity index (χ2v) is 15.5. The number of halogens is 2. The summed E-state index contributed by atoms with van der Waals surface area (Å²) in [6.45, 7) is 2.61. The summed E-state index contributed by atoms with van der Waals surface area (Å²) in [4.78, 5) is 22.1. The highest BCUT2D eigenvalue weighted by atomic mass is 35.5. The minimum absolute atomic E-state index is 0.0399. The SMILES string of the molecule is ClCCN1c2ccccc2Sc2ccc(C3(c4ccccc4)OCCO3)cc21.O=C(c1ccccc1)c1ccc2c(c1)N(CCCl)c1ccccc1S2. The van der Waals surface area contributed by atoms with Crippen molar-refractivity contribution in [3.63, 3.8) is 0 Å². The van der Waals surface area contributed by atoms with E-state index in [4.69, 9.17) is 32.7 Å². The van der Waals surface area contributed by atoms with E-state index in [1.165, 1.54) is 20.4 Å². The molecule has 9 heteroatoms. The number of ether oxygens (including phenoxy) is 2. The van der Waals surface area contributed by atoms with Crippen molar-refractivity contribution in [2.45, 2.75) is 25.4 Å². The largest absolute Gasteiger partial charge is 0.340 e.